The van der Waals surface area contributed by atoms with Gasteiger partial charge in [-0.25, -0.2) is 8.42 Å². The van der Waals surface area contributed by atoms with Gasteiger partial charge in [0.15, 0.2) is 5.88 Å². The highest BCUT2D eigenvalue weighted by atomic mass is 32.2. The van der Waals surface area contributed by atoms with E-state index in [-0.39, 0.29) is 10.4 Å². The van der Waals surface area contributed by atoms with Crippen molar-refractivity contribution in [2.24, 2.45) is 0 Å². The van der Waals surface area contributed by atoms with Crippen LogP contribution in [0, 0.1) is 0 Å². The van der Waals surface area contributed by atoms with Crippen LogP contribution in [0.15, 0.2) is 0 Å². The van der Waals surface area contributed by atoms with E-state index in [4.69, 9.17) is 0 Å². The Labute approximate surface area is 151 Å². The van der Waals surface area contributed by atoms with Crippen LogP contribution < -0.4 is 0 Å². The number of quaternary nitrogens is 1. The number of rotatable bonds is 17. The molecule has 0 atom stereocenters. The maximum atomic E-state index is 10.8. The van der Waals surface area contributed by atoms with Crippen LogP contribution >= 0.6 is 0 Å². The molecule has 0 saturated heterocycles. The molecule has 0 rings (SSSR count). The summed E-state index contributed by atoms with van der Waals surface area (Å²) in [6, 6.07) is 0. The zero-order valence-electron chi connectivity index (χ0n) is 16.4. The molecule has 0 unspecified atom stereocenters. The summed E-state index contributed by atoms with van der Waals surface area (Å²) < 4.78 is 32.8. The topological polar surface area (TPSA) is 57.2 Å². The monoisotopic (exact) mass is 363 g/mol. The number of hydrogen-bond donors (Lipinski definition) is 0. The molecule has 0 aliphatic rings. The SMILES string of the molecule is CCCCCCCCCCCCCCCC[N+](C)(C)CS(=O)(=O)[O-]. The molecule has 0 radical (unpaired) electrons. The van der Waals surface area contributed by atoms with Crippen molar-refractivity contribution in [1.82, 2.24) is 0 Å². The lowest BCUT2D eigenvalue weighted by Crippen LogP contribution is -2.44. The molecule has 0 aliphatic carbocycles. The minimum absolute atomic E-state index is 0.282. The standard InChI is InChI=1S/C19H41NO3S/c1-4-5-6-7-8-9-10-11-12-13-14-15-16-17-18-20(2,3)19-24(21,22)23/h4-19H2,1-3H3. The smallest absolute Gasteiger partial charge is 0.168 e. The van der Waals surface area contributed by atoms with Crippen molar-refractivity contribution in [1.29, 1.82) is 0 Å². The predicted octanol–water partition coefficient (Wildman–Crippen LogP) is 5.05. The zero-order chi connectivity index (χ0) is 18.3. The highest BCUT2D eigenvalue weighted by Gasteiger charge is 2.17. The molecule has 0 saturated carbocycles. The van der Waals surface area contributed by atoms with E-state index < -0.39 is 10.1 Å². The Hall–Kier alpha value is -0.130. The molecule has 0 aliphatic heterocycles. The summed E-state index contributed by atoms with van der Waals surface area (Å²) in [5.74, 6) is -0.300. The predicted molar refractivity (Wildman–Crippen MR) is 102 cm³/mol. The van der Waals surface area contributed by atoms with Gasteiger partial charge in [0, 0.05) is 0 Å². The van der Waals surface area contributed by atoms with Gasteiger partial charge in [0.25, 0.3) is 0 Å². The van der Waals surface area contributed by atoms with E-state index in [1.165, 1.54) is 77.0 Å². The van der Waals surface area contributed by atoms with E-state index in [1.807, 2.05) is 14.1 Å². The Morgan fingerprint density at radius 3 is 1.33 bits per heavy atom. The molecule has 0 heterocycles. The lowest BCUT2D eigenvalue weighted by molar-refractivity contribution is -0.879. The van der Waals surface area contributed by atoms with Crippen molar-refractivity contribution >= 4 is 10.1 Å². The zero-order valence-corrected chi connectivity index (χ0v) is 17.2. The summed E-state index contributed by atoms with van der Waals surface area (Å²) in [6.07, 6.45) is 18.4. The third-order valence-corrected chi connectivity index (χ3v) is 5.64. The summed E-state index contributed by atoms with van der Waals surface area (Å²) in [5, 5.41) is 0. The average molecular weight is 364 g/mol. The summed E-state index contributed by atoms with van der Waals surface area (Å²) in [6.45, 7) is 3.02. The molecule has 146 valence electrons. The first kappa shape index (κ1) is 23.9. The Bertz CT molecular complexity index is 380. The van der Waals surface area contributed by atoms with Crippen molar-refractivity contribution in [2.45, 2.75) is 96.8 Å². The molecule has 0 fully saturated rings. The molecule has 0 bridgehead atoms. The Morgan fingerprint density at radius 2 is 1.00 bits per heavy atom. The van der Waals surface area contributed by atoms with Crippen LogP contribution in [0.4, 0.5) is 0 Å². The second-order valence-electron chi connectivity index (χ2n) is 7.94. The normalized spacial score (nSPS) is 12.7. The fourth-order valence-electron chi connectivity index (χ4n) is 3.23. The van der Waals surface area contributed by atoms with Crippen LogP contribution in [0.5, 0.6) is 0 Å². The molecule has 0 aromatic carbocycles. The molecule has 4 nitrogen and oxygen atoms in total. The molecule has 0 spiro atoms. The second kappa shape index (κ2) is 14.1. The maximum absolute atomic E-state index is 10.8. The van der Waals surface area contributed by atoms with Crippen molar-refractivity contribution in [3.63, 3.8) is 0 Å². The molecular formula is C19H41NO3S. The summed E-state index contributed by atoms with van der Waals surface area (Å²) in [7, 11) is -0.495. The number of nitrogens with zero attached hydrogens (tertiary/aromatic N) is 1. The molecule has 5 heteroatoms. The van der Waals surface area contributed by atoms with Crippen LogP contribution in [0.1, 0.15) is 96.8 Å². The van der Waals surface area contributed by atoms with Gasteiger partial charge in [-0.05, 0) is 12.8 Å². The second-order valence-corrected chi connectivity index (χ2v) is 9.32. The molecular weight excluding hydrogens is 322 g/mol. The van der Waals surface area contributed by atoms with Gasteiger partial charge in [-0.2, -0.15) is 0 Å². The number of unbranched alkanes of at least 4 members (excludes halogenated alkanes) is 13. The summed E-state index contributed by atoms with van der Waals surface area (Å²) in [4.78, 5) is 0. The quantitative estimate of drug-likeness (QED) is 0.206. The van der Waals surface area contributed by atoms with Crippen LogP contribution in [0.2, 0.25) is 0 Å². The van der Waals surface area contributed by atoms with E-state index in [2.05, 4.69) is 6.92 Å². The van der Waals surface area contributed by atoms with Crippen molar-refractivity contribution < 1.29 is 17.5 Å². The average Bonchev–Trinajstić information content (AvgIpc) is 2.45. The van der Waals surface area contributed by atoms with Gasteiger partial charge in [0.1, 0.15) is 10.1 Å². The van der Waals surface area contributed by atoms with E-state index >= 15 is 0 Å². The fraction of sp³-hybridized carbons (Fsp3) is 1.00. The summed E-state index contributed by atoms with van der Waals surface area (Å²) in [5.41, 5.74) is 0. The van der Waals surface area contributed by atoms with E-state index in [0.29, 0.717) is 0 Å². The van der Waals surface area contributed by atoms with E-state index in [0.717, 1.165) is 19.4 Å². The van der Waals surface area contributed by atoms with Crippen molar-refractivity contribution in [3.8, 4) is 0 Å². The third-order valence-electron chi connectivity index (χ3n) is 4.62. The van der Waals surface area contributed by atoms with E-state index in [9.17, 15) is 13.0 Å². The minimum atomic E-state index is -4.13. The molecule has 0 N–H and O–H groups in total. The van der Waals surface area contributed by atoms with Gasteiger partial charge >= 0.3 is 0 Å². The highest BCUT2D eigenvalue weighted by Crippen LogP contribution is 2.13. The van der Waals surface area contributed by atoms with Gasteiger partial charge in [-0.1, -0.05) is 84.0 Å². The fourth-order valence-corrected chi connectivity index (χ4v) is 4.21. The Morgan fingerprint density at radius 1 is 0.667 bits per heavy atom. The van der Waals surface area contributed by atoms with Crippen molar-refractivity contribution in [3.05, 3.63) is 0 Å². The maximum Gasteiger partial charge on any atom is 0.168 e. The highest BCUT2D eigenvalue weighted by molar-refractivity contribution is 7.85. The van der Waals surface area contributed by atoms with Crippen LogP contribution in [-0.2, 0) is 10.1 Å². The van der Waals surface area contributed by atoms with Gasteiger partial charge in [-0.3, -0.25) is 0 Å². The first-order chi connectivity index (χ1) is 11.3. The lowest BCUT2D eigenvalue weighted by Gasteiger charge is -2.30. The first-order valence-electron chi connectivity index (χ1n) is 10.0. The molecule has 24 heavy (non-hydrogen) atoms. The summed E-state index contributed by atoms with van der Waals surface area (Å²) >= 11 is 0. The van der Waals surface area contributed by atoms with Gasteiger partial charge < -0.3 is 9.04 Å². The molecule has 0 aromatic rings. The molecule has 0 amide bonds. The lowest BCUT2D eigenvalue weighted by atomic mass is 10.0. The molecule has 0 aromatic heterocycles. The Balaban J connectivity index is 3.31. The van der Waals surface area contributed by atoms with Crippen LogP contribution in [0.3, 0.4) is 0 Å². The van der Waals surface area contributed by atoms with Gasteiger partial charge in [-0.15, -0.1) is 0 Å². The van der Waals surface area contributed by atoms with Crippen molar-refractivity contribution in [2.75, 3.05) is 26.5 Å². The van der Waals surface area contributed by atoms with Crippen LogP contribution in [-0.4, -0.2) is 44.0 Å². The minimum Gasteiger partial charge on any atom is -0.744 e. The number of hydrogen-bond acceptors (Lipinski definition) is 3. The van der Waals surface area contributed by atoms with Gasteiger partial charge in [0.2, 0.25) is 0 Å². The first-order valence-corrected chi connectivity index (χ1v) is 11.6. The van der Waals surface area contributed by atoms with Gasteiger partial charge in [0.05, 0.1) is 20.6 Å². The van der Waals surface area contributed by atoms with E-state index in [1.54, 1.807) is 0 Å². The Kier molecular flexibility index (Phi) is 14.0. The third kappa shape index (κ3) is 18.2. The van der Waals surface area contributed by atoms with Crippen LogP contribution in [0.25, 0.3) is 0 Å². The largest absolute Gasteiger partial charge is 0.744 e.